The molecule has 4 rings (SSSR count). The van der Waals surface area contributed by atoms with Crippen LogP contribution in [-0.2, 0) is 11.2 Å². The first-order valence-corrected chi connectivity index (χ1v) is 13.1. The molecule has 1 aromatic heterocycles. The summed E-state index contributed by atoms with van der Waals surface area (Å²) >= 11 is 1.66. The van der Waals surface area contributed by atoms with Crippen LogP contribution in [0.1, 0.15) is 42.3 Å². The highest BCUT2D eigenvalue weighted by Gasteiger charge is 2.34. The standard InChI is InChI=1S/C28H32FN3O3S/c1-4-20(3)32(28(34)30-21-11-9-19(2)10-12-21)17-27(33)31-15-13-26-22(14-16-36-26)24(31)18-35-25-8-6-5-7-23(25)29/h5-12,14,16,20,24H,4,13,15,17-18H2,1-3H3,(H,30,34)/t20-,24-/m1/s1. The molecule has 36 heavy (non-hydrogen) atoms. The normalized spacial score (nSPS) is 15.7. The number of aryl methyl sites for hydroxylation is 1. The van der Waals surface area contributed by atoms with Gasteiger partial charge in [-0.2, -0.15) is 0 Å². The number of nitrogens with one attached hydrogen (secondary N) is 1. The van der Waals surface area contributed by atoms with Crippen LogP contribution < -0.4 is 10.1 Å². The molecule has 1 aliphatic heterocycles. The number of halogens is 1. The number of hydrogen-bond donors (Lipinski definition) is 1. The number of hydrogen-bond acceptors (Lipinski definition) is 4. The lowest BCUT2D eigenvalue weighted by Crippen LogP contribution is -2.50. The van der Waals surface area contributed by atoms with Crippen LogP contribution in [0.3, 0.4) is 0 Å². The zero-order valence-corrected chi connectivity index (χ0v) is 21.7. The third-order valence-electron chi connectivity index (χ3n) is 6.64. The van der Waals surface area contributed by atoms with Gasteiger partial charge >= 0.3 is 6.03 Å². The van der Waals surface area contributed by atoms with Gasteiger partial charge in [0.05, 0.1) is 6.04 Å². The first-order valence-electron chi connectivity index (χ1n) is 12.2. The zero-order valence-electron chi connectivity index (χ0n) is 20.9. The number of fused-ring (bicyclic) bond motifs is 1. The molecule has 2 aromatic carbocycles. The van der Waals surface area contributed by atoms with Crippen LogP contribution in [0.25, 0.3) is 0 Å². The smallest absolute Gasteiger partial charge is 0.322 e. The van der Waals surface area contributed by atoms with E-state index >= 15 is 0 Å². The van der Waals surface area contributed by atoms with Crippen molar-refractivity contribution in [2.45, 2.75) is 45.7 Å². The Morgan fingerprint density at radius 1 is 1.19 bits per heavy atom. The van der Waals surface area contributed by atoms with Crippen molar-refractivity contribution >= 4 is 29.0 Å². The Morgan fingerprint density at radius 3 is 2.67 bits per heavy atom. The van der Waals surface area contributed by atoms with E-state index in [-0.39, 0.29) is 42.9 Å². The molecule has 0 bridgehead atoms. The second-order valence-corrected chi connectivity index (χ2v) is 10.1. The second-order valence-electron chi connectivity index (χ2n) is 9.07. The summed E-state index contributed by atoms with van der Waals surface area (Å²) in [4.78, 5) is 31.4. The highest BCUT2D eigenvalue weighted by Crippen LogP contribution is 2.34. The van der Waals surface area contributed by atoms with Crippen LogP contribution in [0, 0.1) is 12.7 Å². The average molecular weight is 510 g/mol. The van der Waals surface area contributed by atoms with Crippen LogP contribution in [0.4, 0.5) is 14.9 Å². The summed E-state index contributed by atoms with van der Waals surface area (Å²) in [5, 5.41) is 4.93. The number of urea groups is 1. The Hall–Kier alpha value is -3.39. The second kappa shape index (κ2) is 11.6. The largest absolute Gasteiger partial charge is 0.488 e. The van der Waals surface area contributed by atoms with Crippen LogP contribution in [0.2, 0.25) is 0 Å². The summed E-state index contributed by atoms with van der Waals surface area (Å²) < 4.78 is 20.0. The third kappa shape index (κ3) is 5.87. The number of nitrogens with zero attached hydrogens (tertiary/aromatic N) is 2. The lowest BCUT2D eigenvalue weighted by Gasteiger charge is -2.38. The number of carbonyl (C=O) groups is 2. The van der Waals surface area contributed by atoms with E-state index in [4.69, 9.17) is 4.74 Å². The van der Waals surface area contributed by atoms with Crippen LogP contribution in [-0.4, -0.2) is 47.5 Å². The fourth-order valence-electron chi connectivity index (χ4n) is 4.32. The molecule has 1 N–H and O–H groups in total. The summed E-state index contributed by atoms with van der Waals surface area (Å²) in [6, 6.07) is 15.0. The van der Waals surface area contributed by atoms with Gasteiger partial charge in [0, 0.05) is 23.2 Å². The highest BCUT2D eigenvalue weighted by atomic mass is 32.1. The zero-order chi connectivity index (χ0) is 25.7. The summed E-state index contributed by atoms with van der Waals surface area (Å²) in [6.07, 6.45) is 1.46. The Labute approximate surface area is 215 Å². The van der Waals surface area contributed by atoms with E-state index < -0.39 is 5.82 Å². The predicted molar refractivity (Wildman–Crippen MR) is 141 cm³/mol. The minimum Gasteiger partial charge on any atom is -0.488 e. The van der Waals surface area contributed by atoms with Crippen molar-refractivity contribution in [3.63, 3.8) is 0 Å². The lowest BCUT2D eigenvalue weighted by molar-refractivity contribution is -0.135. The summed E-state index contributed by atoms with van der Waals surface area (Å²) in [5.41, 5.74) is 2.81. The molecule has 6 nitrogen and oxygen atoms in total. The molecule has 3 aromatic rings. The number of amides is 3. The maximum Gasteiger partial charge on any atom is 0.322 e. The van der Waals surface area contributed by atoms with Gasteiger partial charge < -0.3 is 19.9 Å². The van der Waals surface area contributed by atoms with Gasteiger partial charge in [-0.05, 0) is 68.0 Å². The van der Waals surface area contributed by atoms with Crippen molar-refractivity contribution in [3.8, 4) is 5.75 Å². The van der Waals surface area contributed by atoms with Crippen molar-refractivity contribution < 1.29 is 18.7 Å². The topological polar surface area (TPSA) is 61.9 Å². The van der Waals surface area contributed by atoms with E-state index in [1.54, 1.807) is 39.3 Å². The predicted octanol–water partition coefficient (Wildman–Crippen LogP) is 6.03. The van der Waals surface area contributed by atoms with E-state index in [2.05, 4.69) is 5.32 Å². The first-order chi connectivity index (χ1) is 17.4. The molecule has 2 atom stereocenters. The van der Waals surface area contributed by atoms with Gasteiger partial charge in [-0.15, -0.1) is 11.3 Å². The summed E-state index contributed by atoms with van der Waals surface area (Å²) in [5.74, 6) is -0.438. The molecule has 0 spiro atoms. The molecule has 0 saturated carbocycles. The van der Waals surface area contributed by atoms with Crippen LogP contribution in [0.15, 0.2) is 60.0 Å². The molecular weight excluding hydrogens is 477 g/mol. The number of ether oxygens (including phenoxy) is 1. The highest BCUT2D eigenvalue weighted by molar-refractivity contribution is 7.10. The quantitative estimate of drug-likeness (QED) is 0.403. The average Bonchev–Trinajstić information content (AvgIpc) is 3.36. The Morgan fingerprint density at radius 2 is 1.94 bits per heavy atom. The fourth-order valence-corrected chi connectivity index (χ4v) is 5.25. The van der Waals surface area contributed by atoms with Gasteiger partial charge in [0.2, 0.25) is 5.91 Å². The van der Waals surface area contributed by atoms with Gasteiger partial charge in [-0.25, -0.2) is 9.18 Å². The monoisotopic (exact) mass is 509 g/mol. The minimum atomic E-state index is -0.438. The van der Waals surface area contributed by atoms with Crippen molar-refractivity contribution in [1.82, 2.24) is 9.80 Å². The summed E-state index contributed by atoms with van der Waals surface area (Å²) in [7, 11) is 0. The van der Waals surface area contributed by atoms with Gasteiger partial charge in [-0.3, -0.25) is 4.79 Å². The third-order valence-corrected chi connectivity index (χ3v) is 7.64. The molecule has 3 amide bonds. The van der Waals surface area contributed by atoms with Crippen molar-refractivity contribution in [2.75, 3.05) is 25.0 Å². The Kier molecular flexibility index (Phi) is 8.25. The van der Waals surface area contributed by atoms with Gasteiger partial charge in [0.25, 0.3) is 0 Å². The molecule has 0 unspecified atom stereocenters. The molecular formula is C28H32FN3O3S. The van der Waals surface area contributed by atoms with Crippen molar-refractivity contribution in [2.24, 2.45) is 0 Å². The molecule has 1 aliphatic rings. The number of anilines is 1. The number of benzene rings is 2. The van der Waals surface area contributed by atoms with Crippen LogP contribution >= 0.6 is 11.3 Å². The number of rotatable bonds is 8. The van der Waals surface area contributed by atoms with Gasteiger partial charge in [0.15, 0.2) is 11.6 Å². The van der Waals surface area contributed by atoms with Crippen LogP contribution in [0.5, 0.6) is 5.75 Å². The van der Waals surface area contributed by atoms with E-state index in [9.17, 15) is 14.0 Å². The Bertz CT molecular complexity index is 1200. The fraction of sp³-hybridized carbons (Fsp3) is 0.357. The maximum absolute atomic E-state index is 14.2. The molecule has 190 valence electrons. The van der Waals surface area contributed by atoms with E-state index in [0.29, 0.717) is 18.7 Å². The molecule has 0 fully saturated rings. The number of para-hydroxylation sites is 1. The van der Waals surface area contributed by atoms with Crippen molar-refractivity contribution in [3.05, 3.63) is 81.8 Å². The van der Waals surface area contributed by atoms with Gasteiger partial charge in [0.1, 0.15) is 13.2 Å². The lowest BCUT2D eigenvalue weighted by atomic mass is 10.00. The number of carbonyl (C=O) groups excluding carboxylic acids is 2. The first kappa shape index (κ1) is 25.7. The van der Waals surface area contributed by atoms with Gasteiger partial charge in [-0.1, -0.05) is 36.8 Å². The SMILES string of the molecule is CC[C@@H](C)N(CC(=O)N1CCc2sccc2[C@H]1COc1ccccc1F)C(=O)Nc1ccc(C)cc1. The maximum atomic E-state index is 14.2. The molecule has 0 saturated heterocycles. The van der Waals surface area contributed by atoms with E-state index in [0.717, 1.165) is 17.5 Å². The number of thiophene rings is 1. The molecule has 0 aliphatic carbocycles. The molecule has 8 heteroatoms. The Balaban J connectivity index is 1.51. The van der Waals surface area contributed by atoms with E-state index in [1.165, 1.54) is 10.9 Å². The molecule has 2 heterocycles. The minimum absolute atomic E-state index is 0.0532. The molecule has 0 radical (unpaired) electrons. The van der Waals surface area contributed by atoms with E-state index in [1.807, 2.05) is 56.5 Å². The van der Waals surface area contributed by atoms with Crippen molar-refractivity contribution in [1.29, 1.82) is 0 Å². The summed E-state index contributed by atoms with van der Waals surface area (Å²) in [6.45, 7) is 6.52.